The first-order valence-electron chi connectivity index (χ1n) is 7.67. The van der Waals surface area contributed by atoms with Crippen molar-refractivity contribution in [2.24, 2.45) is 4.99 Å². The Labute approximate surface area is 164 Å². The van der Waals surface area contributed by atoms with Gasteiger partial charge >= 0.3 is 0 Å². The molecule has 0 saturated heterocycles. The number of nitrogens with zero attached hydrogens (tertiary/aromatic N) is 3. The van der Waals surface area contributed by atoms with Gasteiger partial charge in [0.05, 0.1) is 30.0 Å². The first-order chi connectivity index (χ1) is 11.2. The van der Waals surface area contributed by atoms with Crippen molar-refractivity contribution in [3.8, 4) is 5.75 Å². The molecule has 0 fully saturated rings. The van der Waals surface area contributed by atoms with Crippen LogP contribution in [0.3, 0.4) is 0 Å². The molecule has 2 rings (SSSR count). The van der Waals surface area contributed by atoms with E-state index in [1.54, 1.807) is 23.7 Å². The third kappa shape index (κ3) is 7.00. The molecule has 6 nitrogen and oxygen atoms in total. The van der Waals surface area contributed by atoms with Crippen LogP contribution in [0.15, 0.2) is 29.5 Å². The lowest BCUT2D eigenvalue weighted by atomic mass is 10.4. The number of thiazole rings is 1. The second kappa shape index (κ2) is 11.2. The molecule has 0 aliphatic carbocycles. The van der Waals surface area contributed by atoms with Crippen molar-refractivity contribution in [2.45, 2.75) is 27.3 Å². The number of aryl methyl sites for hydroxylation is 2. The van der Waals surface area contributed by atoms with Crippen LogP contribution in [0.2, 0.25) is 0 Å². The van der Waals surface area contributed by atoms with Crippen molar-refractivity contribution < 1.29 is 4.74 Å². The fourth-order valence-corrected chi connectivity index (χ4v) is 2.85. The van der Waals surface area contributed by atoms with Crippen molar-refractivity contribution in [1.82, 2.24) is 20.6 Å². The fourth-order valence-electron chi connectivity index (χ4n) is 1.98. The SMILES string of the molecule is CCNC(=NCc1sc(C)nc1C)NCCOc1cccnc1.I. The molecule has 2 heterocycles. The van der Waals surface area contributed by atoms with Crippen molar-refractivity contribution in [1.29, 1.82) is 0 Å². The van der Waals surface area contributed by atoms with Crippen molar-refractivity contribution >= 4 is 41.3 Å². The van der Waals surface area contributed by atoms with Gasteiger partial charge in [0.2, 0.25) is 0 Å². The molecular formula is C16H24IN5OS. The van der Waals surface area contributed by atoms with Crippen molar-refractivity contribution in [3.05, 3.63) is 40.1 Å². The first-order valence-corrected chi connectivity index (χ1v) is 8.48. The maximum absolute atomic E-state index is 5.60. The summed E-state index contributed by atoms with van der Waals surface area (Å²) in [6.07, 6.45) is 3.43. The third-order valence-electron chi connectivity index (χ3n) is 3.02. The Morgan fingerprint density at radius 3 is 2.79 bits per heavy atom. The molecule has 0 aliphatic heterocycles. The van der Waals surface area contributed by atoms with E-state index in [0.29, 0.717) is 19.7 Å². The van der Waals surface area contributed by atoms with Crippen LogP contribution in [0, 0.1) is 13.8 Å². The Morgan fingerprint density at radius 2 is 2.17 bits per heavy atom. The zero-order valence-electron chi connectivity index (χ0n) is 14.2. The molecule has 0 aromatic carbocycles. The van der Waals surface area contributed by atoms with Crippen LogP contribution in [-0.2, 0) is 6.54 Å². The smallest absolute Gasteiger partial charge is 0.191 e. The average molecular weight is 461 g/mol. The molecule has 0 aliphatic rings. The molecule has 0 saturated carbocycles. The Bertz CT molecular complexity index is 633. The summed E-state index contributed by atoms with van der Waals surface area (Å²) in [5.74, 6) is 1.56. The number of hydrogen-bond donors (Lipinski definition) is 2. The second-order valence-electron chi connectivity index (χ2n) is 4.90. The van der Waals surface area contributed by atoms with Gasteiger partial charge in [0, 0.05) is 17.6 Å². The maximum Gasteiger partial charge on any atom is 0.191 e. The second-order valence-corrected chi connectivity index (χ2v) is 6.19. The van der Waals surface area contributed by atoms with Gasteiger partial charge in [0.15, 0.2) is 5.96 Å². The minimum Gasteiger partial charge on any atom is -0.490 e. The minimum absolute atomic E-state index is 0. The normalized spacial score (nSPS) is 10.9. The molecule has 2 aromatic rings. The van der Waals surface area contributed by atoms with Crippen LogP contribution in [-0.4, -0.2) is 35.6 Å². The summed E-state index contributed by atoms with van der Waals surface area (Å²) in [5, 5.41) is 7.58. The van der Waals surface area contributed by atoms with Gasteiger partial charge in [-0.1, -0.05) is 0 Å². The van der Waals surface area contributed by atoms with Crippen LogP contribution in [0.4, 0.5) is 0 Å². The van der Waals surface area contributed by atoms with Gasteiger partial charge in [-0.3, -0.25) is 4.98 Å². The van der Waals surface area contributed by atoms with Crippen molar-refractivity contribution in [3.63, 3.8) is 0 Å². The fraction of sp³-hybridized carbons (Fsp3) is 0.438. The van der Waals surface area contributed by atoms with Crippen LogP contribution >= 0.6 is 35.3 Å². The van der Waals surface area contributed by atoms with E-state index < -0.39 is 0 Å². The number of ether oxygens (including phenoxy) is 1. The molecule has 0 atom stereocenters. The molecule has 132 valence electrons. The summed E-state index contributed by atoms with van der Waals surface area (Å²) in [6.45, 7) is 8.76. The predicted molar refractivity (Wildman–Crippen MR) is 110 cm³/mol. The zero-order chi connectivity index (χ0) is 16.5. The number of aliphatic imine (C=N–C) groups is 1. The summed E-state index contributed by atoms with van der Waals surface area (Å²) in [7, 11) is 0. The van der Waals surface area contributed by atoms with Crippen LogP contribution in [0.25, 0.3) is 0 Å². The Kier molecular flexibility index (Phi) is 9.62. The number of pyridine rings is 1. The molecule has 0 radical (unpaired) electrons. The summed E-state index contributed by atoms with van der Waals surface area (Å²) < 4.78 is 5.60. The van der Waals surface area contributed by atoms with Gasteiger partial charge in [-0.15, -0.1) is 35.3 Å². The number of halogens is 1. The highest BCUT2D eigenvalue weighted by Gasteiger charge is 2.04. The molecular weight excluding hydrogens is 437 g/mol. The quantitative estimate of drug-likeness (QED) is 0.287. The number of hydrogen-bond acceptors (Lipinski definition) is 5. The number of nitrogens with one attached hydrogen (secondary N) is 2. The highest BCUT2D eigenvalue weighted by atomic mass is 127. The molecule has 2 aromatic heterocycles. The Hall–Kier alpha value is -1.42. The van der Waals surface area contributed by atoms with E-state index in [1.807, 2.05) is 32.9 Å². The zero-order valence-corrected chi connectivity index (χ0v) is 17.4. The third-order valence-corrected chi connectivity index (χ3v) is 4.08. The number of guanidine groups is 1. The Balaban J connectivity index is 0.00000288. The van der Waals surface area contributed by atoms with Gasteiger partial charge in [0.1, 0.15) is 12.4 Å². The van der Waals surface area contributed by atoms with E-state index in [4.69, 9.17) is 4.74 Å². The molecule has 0 spiro atoms. The van der Waals surface area contributed by atoms with E-state index in [-0.39, 0.29) is 24.0 Å². The first kappa shape index (κ1) is 20.6. The van der Waals surface area contributed by atoms with E-state index in [2.05, 4.69) is 25.6 Å². The standard InChI is InChI=1S/C16H23N5OS.HI/c1-4-18-16(20-11-15-12(2)21-13(3)23-15)19-8-9-22-14-6-5-7-17-10-14;/h5-7,10H,4,8-9,11H2,1-3H3,(H2,18,19,20);1H. The van der Waals surface area contributed by atoms with Crippen LogP contribution < -0.4 is 15.4 Å². The predicted octanol–water partition coefficient (Wildman–Crippen LogP) is 2.91. The molecule has 8 heteroatoms. The highest BCUT2D eigenvalue weighted by molar-refractivity contribution is 14.0. The van der Waals surface area contributed by atoms with E-state index in [0.717, 1.165) is 29.0 Å². The average Bonchev–Trinajstić information content (AvgIpc) is 2.87. The van der Waals surface area contributed by atoms with Gasteiger partial charge in [0.25, 0.3) is 0 Å². The molecule has 0 amide bonds. The molecule has 24 heavy (non-hydrogen) atoms. The summed E-state index contributed by atoms with van der Waals surface area (Å²) in [5.41, 5.74) is 1.06. The van der Waals surface area contributed by atoms with E-state index in [1.165, 1.54) is 4.88 Å². The number of rotatable bonds is 7. The minimum atomic E-state index is 0. The lowest BCUT2D eigenvalue weighted by molar-refractivity contribution is 0.320. The topological polar surface area (TPSA) is 71.4 Å². The Morgan fingerprint density at radius 1 is 1.33 bits per heavy atom. The van der Waals surface area contributed by atoms with Crippen LogP contribution in [0.1, 0.15) is 22.5 Å². The maximum atomic E-state index is 5.60. The van der Waals surface area contributed by atoms with Gasteiger partial charge < -0.3 is 15.4 Å². The monoisotopic (exact) mass is 461 g/mol. The summed E-state index contributed by atoms with van der Waals surface area (Å²) in [4.78, 5) is 14.2. The van der Waals surface area contributed by atoms with Gasteiger partial charge in [-0.2, -0.15) is 0 Å². The molecule has 0 unspecified atom stereocenters. The largest absolute Gasteiger partial charge is 0.490 e. The molecule has 0 bridgehead atoms. The van der Waals surface area contributed by atoms with Crippen LogP contribution in [0.5, 0.6) is 5.75 Å². The van der Waals surface area contributed by atoms with E-state index >= 15 is 0 Å². The van der Waals surface area contributed by atoms with Gasteiger partial charge in [-0.05, 0) is 32.9 Å². The number of aromatic nitrogens is 2. The highest BCUT2D eigenvalue weighted by Crippen LogP contribution is 2.17. The van der Waals surface area contributed by atoms with E-state index in [9.17, 15) is 0 Å². The van der Waals surface area contributed by atoms with Crippen molar-refractivity contribution in [2.75, 3.05) is 19.7 Å². The summed E-state index contributed by atoms with van der Waals surface area (Å²) in [6, 6.07) is 3.74. The molecule has 2 N–H and O–H groups in total. The lowest BCUT2D eigenvalue weighted by Gasteiger charge is -2.11. The summed E-state index contributed by atoms with van der Waals surface area (Å²) >= 11 is 1.69. The lowest BCUT2D eigenvalue weighted by Crippen LogP contribution is -2.39. The van der Waals surface area contributed by atoms with Gasteiger partial charge in [-0.25, -0.2) is 9.98 Å².